The molecule has 0 aliphatic rings. The van der Waals surface area contributed by atoms with Crippen molar-refractivity contribution >= 4 is 23.1 Å². The van der Waals surface area contributed by atoms with Crippen molar-refractivity contribution in [3.63, 3.8) is 0 Å². The Hall–Kier alpha value is -3.03. The molecule has 1 aromatic heterocycles. The Morgan fingerprint density at radius 3 is 2.76 bits per heavy atom. The van der Waals surface area contributed by atoms with Crippen LogP contribution in [0.2, 0.25) is 0 Å². The Morgan fingerprint density at radius 1 is 1.33 bits per heavy atom. The molecule has 0 radical (unpaired) electrons. The van der Waals surface area contributed by atoms with Crippen molar-refractivity contribution in [3.8, 4) is 0 Å². The molecule has 21 heavy (non-hydrogen) atoms. The highest BCUT2D eigenvalue weighted by Crippen LogP contribution is 2.22. The van der Waals surface area contributed by atoms with Crippen molar-refractivity contribution in [1.29, 1.82) is 0 Å². The highest BCUT2D eigenvalue weighted by Gasteiger charge is 2.14. The van der Waals surface area contributed by atoms with Crippen molar-refractivity contribution in [2.45, 2.75) is 6.92 Å². The van der Waals surface area contributed by atoms with Crippen LogP contribution < -0.4 is 10.6 Å². The molecule has 2 N–H and O–H groups in total. The minimum Gasteiger partial charge on any atom is -0.372 e. The van der Waals surface area contributed by atoms with E-state index in [0.717, 1.165) is 0 Å². The number of carbonyl (C=O) groups excluding carboxylic acids is 1. The Kier molecular flexibility index (Phi) is 4.07. The number of benzene rings is 1. The van der Waals surface area contributed by atoms with Crippen molar-refractivity contribution < 1.29 is 9.72 Å². The molecule has 0 saturated carbocycles. The summed E-state index contributed by atoms with van der Waals surface area (Å²) in [5.74, 6) is -0.0321. The summed E-state index contributed by atoms with van der Waals surface area (Å²) in [4.78, 5) is 30.3. The summed E-state index contributed by atoms with van der Waals surface area (Å²) < 4.78 is 0. The number of carbonyl (C=O) groups is 1. The average Bonchev–Trinajstić information content (AvgIpc) is 2.49. The predicted octanol–water partition coefficient (Wildman–Crippen LogP) is 1.99. The number of nitro benzene ring substituents is 1. The number of nitro groups is 1. The molecule has 0 aliphatic carbocycles. The van der Waals surface area contributed by atoms with Gasteiger partial charge in [0, 0.05) is 24.4 Å². The van der Waals surface area contributed by atoms with Gasteiger partial charge in [0.15, 0.2) is 0 Å². The van der Waals surface area contributed by atoms with Crippen molar-refractivity contribution in [2.75, 3.05) is 17.7 Å². The molecule has 0 bridgehead atoms. The van der Waals surface area contributed by atoms with Gasteiger partial charge in [-0.3, -0.25) is 19.9 Å². The van der Waals surface area contributed by atoms with Gasteiger partial charge in [0.05, 0.1) is 17.3 Å². The molecule has 8 heteroatoms. The summed E-state index contributed by atoms with van der Waals surface area (Å²) in [6.07, 6.45) is 2.80. The molecule has 8 nitrogen and oxygen atoms in total. The van der Waals surface area contributed by atoms with E-state index in [0.29, 0.717) is 17.1 Å². The van der Waals surface area contributed by atoms with E-state index in [1.807, 2.05) is 0 Å². The first kappa shape index (κ1) is 14.4. The third kappa shape index (κ3) is 3.30. The zero-order valence-corrected chi connectivity index (χ0v) is 11.5. The number of nitrogens with one attached hydrogen (secondary N) is 2. The number of rotatable bonds is 4. The lowest BCUT2D eigenvalue weighted by Crippen LogP contribution is -2.15. The Bertz CT molecular complexity index is 702. The maximum atomic E-state index is 12.0. The predicted molar refractivity (Wildman–Crippen MR) is 77.4 cm³/mol. The largest absolute Gasteiger partial charge is 0.372 e. The fourth-order valence-electron chi connectivity index (χ4n) is 1.67. The summed E-state index contributed by atoms with van der Waals surface area (Å²) in [6, 6.07) is 4.47. The third-order valence-corrected chi connectivity index (χ3v) is 2.79. The lowest BCUT2D eigenvalue weighted by Gasteiger charge is -2.06. The number of nitrogens with zero attached hydrogens (tertiary/aromatic N) is 3. The summed E-state index contributed by atoms with van der Waals surface area (Å²) in [7, 11) is 1.66. The van der Waals surface area contributed by atoms with E-state index in [-0.39, 0.29) is 11.4 Å². The molecular weight excluding hydrogens is 274 g/mol. The smallest absolute Gasteiger partial charge is 0.275 e. The van der Waals surface area contributed by atoms with Crippen LogP contribution in [-0.2, 0) is 0 Å². The summed E-state index contributed by atoms with van der Waals surface area (Å²) in [5, 5.41) is 16.2. The molecule has 0 aliphatic heterocycles. The van der Waals surface area contributed by atoms with Crippen molar-refractivity contribution in [3.05, 3.63) is 52.0 Å². The molecule has 0 atom stereocenters. The maximum Gasteiger partial charge on any atom is 0.275 e. The SMILES string of the molecule is CNc1cncc(C(=O)Nc2ccc(C)c([N+](=O)[O-])c2)n1. The maximum absolute atomic E-state index is 12.0. The van der Waals surface area contributed by atoms with E-state index in [2.05, 4.69) is 20.6 Å². The minimum absolute atomic E-state index is 0.0529. The van der Waals surface area contributed by atoms with E-state index >= 15 is 0 Å². The molecule has 2 rings (SSSR count). The number of anilines is 2. The standard InChI is InChI=1S/C13H13N5O3/c1-8-3-4-9(5-11(8)18(20)21)16-13(19)10-6-15-7-12(14-2)17-10/h3-7H,1-2H3,(H,14,17)(H,16,19). The van der Waals surface area contributed by atoms with Crippen LogP contribution in [0, 0.1) is 17.0 Å². The van der Waals surface area contributed by atoms with E-state index in [9.17, 15) is 14.9 Å². The zero-order chi connectivity index (χ0) is 15.4. The van der Waals surface area contributed by atoms with Gasteiger partial charge in [0.25, 0.3) is 11.6 Å². The van der Waals surface area contributed by atoms with Gasteiger partial charge in [-0.15, -0.1) is 0 Å². The Balaban J connectivity index is 2.23. The van der Waals surface area contributed by atoms with Gasteiger partial charge in [0.2, 0.25) is 0 Å². The van der Waals surface area contributed by atoms with Gasteiger partial charge >= 0.3 is 0 Å². The van der Waals surface area contributed by atoms with Gasteiger partial charge < -0.3 is 10.6 Å². The highest BCUT2D eigenvalue weighted by atomic mass is 16.6. The number of hydrogen-bond donors (Lipinski definition) is 2. The van der Waals surface area contributed by atoms with Crippen molar-refractivity contribution in [2.24, 2.45) is 0 Å². The van der Waals surface area contributed by atoms with Gasteiger partial charge in [0.1, 0.15) is 11.5 Å². The second kappa shape index (κ2) is 5.95. The molecular formula is C13H13N5O3. The van der Waals surface area contributed by atoms with Crippen LogP contribution in [0.1, 0.15) is 16.1 Å². The topological polar surface area (TPSA) is 110 Å². The molecule has 0 spiro atoms. The number of hydrogen-bond acceptors (Lipinski definition) is 6. The summed E-state index contributed by atoms with van der Waals surface area (Å²) >= 11 is 0. The van der Waals surface area contributed by atoms with Crippen LogP contribution in [0.15, 0.2) is 30.6 Å². The van der Waals surface area contributed by atoms with Crippen LogP contribution in [0.5, 0.6) is 0 Å². The molecule has 1 heterocycles. The summed E-state index contributed by atoms with van der Waals surface area (Å²) in [6.45, 7) is 1.63. The first-order valence-corrected chi connectivity index (χ1v) is 6.07. The second-order valence-corrected chi connectivity index (χ2v) is 4.25. The molecule has 0 unspecified atom stereocenters. The fraction of sp³-hybridized carbons (Fsp3) is 0.154. The first-order valence-electron chi connectivity index (χ1n) is 6.07. The van der Waals surface area contributed by atoms with Gasteiger partial charge in [-0.05, 0) is 13.0 Å². The van der Waals surface area contributed by atoms with E-state index in [4.69, 9.17) is 0 Å². The number of aromatic nitrogens is 2. The van der Waals surface area contributed by atoms with Crippen LogP contribution in [0.25, 0.3) is 0 Å². The molecule has 1 amide bonds. The highest BCUT2D eigenvalue weighted by molar-refractivity contribution is 6.03. The first-order chi connectivity index (χ1) is 10.0. The van der Waals surface area contributed by atoms with Gasteiger partial charge in [-0.25, -0.2) is 4.98 Å². The summed E-state index contributed by atoms with van der Waals surface area (Å²) in [5.41, 5.74) is 0.914. The lowest BCUT2D eigenvalue weighted by molar-refractivity contribution is -0.385. The third-order valence-electron chi connectivity index (χ3n) is 2.79. The quantitative estimate of drug-likeness (QED) is 0.657. The van der Waals surface area contributed by atoms with E-state index < -0.39 is 10.8 Å². The average molecular weight is 287 g/mol. The van der Waals surface area contributed by atoms with E-state index in [1.165, 1.54) is 18.5 Å². The Labute approximate surface area is 120 Å². The van der Waals surface area contributed by atoms with Gasteiger partial charge in [-0.2, -0.15) is 0 Å². The molecule has 2 aromatic rings. The van der Waals surface area contributed by atoms with Crippen LogP contribution in [0.3, 0.4) is 0 Å². The zero-order valence-electron chi connectivity index (χ0n) is 11.5. The van der Waals surface area contributed by atoms with E-state index in [1.54, 1.807) is 26.1 Å². The Morgan fingerprint density at radius 2 is 2.10 bits per heavy atom. The van der Waals surface area contributed by atoms with Crippen molar-refractivity contribution in [1.82, 2.24) is 9.97 Å². The molecule has 0 saturated heterocycles. The van der Waals surface area contributed by atoms with Crippen LogP contribution >= 0.6 is 0 Å². The fourth-order valence-corrected chi connectivity index (χ4v) is 1.67. The molecule has 0 fully saturated rings. The van der Waals surface area contributed by atoms with Gasteiger partial charge in [-0.1, -0.05) is 6.07 Å². The molecule has 1 aromatic carbocycles. The number of aryl methyl sites for hydroxylation is 1. The monoisotopic (exact) mass is 287 g/mol. The lowest BCUT2D eigenvalue weighted by atomic mass is 10.2. The molecule has 108 valence electrons. The second-order valence-electron chi connectivity index (χ2n) is 4.25. The normalized spacial score (nSPS) is 10.0. The van der Waals surface area contributed by atoms with Crippen LogP contribution in [0.4, 0.5) is 17.2 Å². The minimum atomic E-state index is -0.494. The number of amides is 1. The van der Waals surface area contributed by atoms with Crippen LogP contribution in [-0.4, -0.2) is 27.8 Å².